The first-order valence-electron chi connectivity index (χ1n) is 16.9. The minimum atomic E-state index is 0.252. The van der Waals surface area contributed by atoms with Crippen LogP contribution in [0.4, 0.5) is 0 Å². The predicted octanol–water partition coefficient (Wildman–Crippen LogP) is 10.9. The topological polar surface area (TPSA) is 40.5 Å². The molecule has 0 bridgehead atoms. The van der Waals surface area contributed by atoms with Crippen molar-refractivity contribution < 1.29 is 10.2 Å². The van der Waals surface area contributed by atoms with Gasteiger partial charge in [0.05, 0.1) is 0 Å². The second kappa shape index (κ2) is 10.9. The van der Waals surface area contributed by atoms with E-state index in [0.717, 1.165) is 23.0 Å². The van der Waals surface area contributed by atoms with Crippen molar-refractivity contribution in [3.05, 3.63) is 57.6 Å². The highest BCUT2D eigenvalue weighted by atomic mass is 16.3. The van der Waals surface area contributed by atoms with Crippen molar-refractivity contribution in [1.82, 2.24) is 0 Å². The van der Waals surface area contributed by atoms with Crippen molar-refractivity contribution in [2.45, 2.75) is 150 Å². The van der Waals surface area contributed by atoms with Crippen LogP contribution in [-0.4, -0.2) is 10.2 Å². The van der Waals surface area contributed by atoms with Crippen molar-refractivity contribution in [2.75, 3.05) is 0 Å². The van der Waals surface area contributed by atoms with Gasteiger partial charge in [-0.3, -0.25) is 0 Å². The molecule has 4 aliphatic carbocycles. The minimum absolute atomic E-state index is 0.252. The zero-order valence-corrected chi connectivity index (χ0v) is 27.7. The Morgan fingerprint density at radius 3 is 1.90 bits per heavy atom. The second-order valence-corrected chi connectivity index (χ2v) is 16.5. The monoisotopic (exact) mass is 558 g/mol. The van der Waals surface area contributed by atoms with Gasteiger partial charge < -0.3 is 10.2 Å². The van der Waals surface area contributed by atoms with Crippen LogP contribution in [0.25, 0.3) is 0 Å². The summed E-state index contributed by atoms with van der Waals surface area (Å²) in [5.74, 6) is 4.04. The summed E-state index contributed by atoms with van der Waals surface area (Å²) < 4.78 is 0. The molecule has 0 spiro atoms. The van der Waals surface area contributed by atoms with Gasteiger partial charge in [-0.1, -0.05) is 87.3 Å². The smallest absolute Gasteiger partial charge is 0.119 e. The van der Waals surface area contributed by atoms with Crippen LogP contribution in [0.15, 0.2) is 24.3 Å². The molecule has 0 heterocycles. The Bertz CT molecular complexity index is 1260. The van der Waals surface area contributed by atoms with Gasteiger partial charge in [-0.15, -0.1) is 0 Å². The maximum Gasteiger partial charge on any atom is 0.119 e. The second-order valence-electron chi connectivity index (χ2n) is 16.5. The quantitative estimate of drug-likeness (QED) is 0.385. The zero-order valence-electron chi connectivity index (χ0n) is 27.7. The molecule has 0 radical (unpaired) electrons. The van der Waals surface area contributed by atoms with Crippen molar-refractivity contribution in [2.24, 2.45) is 22.7 Å². The lowest BCUT2D eigenvalue weighted by molar-refractivity contribution is 0.0405. The number of benzene rings is 2. The summed E-state index contributed by atoms with van der Waals surface area (Å²) in [6, 6.07) is 8.78. The SMILES string of the molecule is CC(C)c1cc2c(cc1O)C1(C)CCCC(C)(C)C1CC2.CC(C)c1cc2c(cc1O)[C@H]1CCCC(C)(C)[C@@H]1CC2. The van der Waals surface area contributed by atoms with E-state index >= 15 is 0 Å². The van der Waals surface area contributed by atoms with Gasteiger partial charge in [0.1, 0.15) is 11.5 Å². The molecule has 2 unspecified atom stereocenters. The van der Waals surface area contributed by atoms with Crippen molar-refractivity contribution >= 4 is 0 Å². The third kappa shape index (κ3) is 5.47. The lowest BCUT2D eigenvalue weighted by Crippen LogP contribution is -2.47. The summed E-state index contributed by atoms with van der Waals surface area (Å²) in [6.07, 6.45) is 12.9. The van der Waals surface area contributed by atoms with Gasteiger partial charge in [-0.05, 0) is 143 Å². The van der Waals surface area contributed by atoms with E-state index in [9.17, 15) is 10.2 Å². The summed E-state index contributed by atoms with van der Waals surface area (Å²) in [7, 11) is 0. The fourth-order valence-electron chi connectivity index (χ4n) is 9.98. The van der Waals surface area contributed by atoms with Gasteiger partial charge >= 0.3 is 0 Å². The number of phenolic OH excluding ortho intramolecular Hbond substituents is 2. The molecule has 0 amide bonds. The van der Waals surface area contributed by atoms with Crippen molar-refractivity contribution in [3.8, 4) is 11.5 Å². The molecule has 4 aliphatic rings. The molecule has 2 aromatic rings. The molecule has 2 saturated carbocycles. The van der Waals surface area contributed by atoms with E-state index in [1.165, 1.54) is 86.5 Å². The summed E-state index contributed by atoms with van der Waals surface area (Å²) >= 11 is 0. The number of aromatic hydroxyl groups is 2. The Kier molecular flexibility index (Phi) is 8.14. The van der Waals surface area contributed by atoms with Crippen molar-refractivity contribution in [1.29, 1.82) is 0 Å². The average molecular weight is 559 g/mol. The van der Waals surface area contributed by atoms with E-state index < -0.39 is 0 Å². The van der Waals surface area contributed by atoms with Crippen LogP contribution < -0.4 is 0 Å². The number of fused-ring (bicyclic) bond motifs is 6. The molecular formula is C39H58O2. The fraction of sp³-hybridized carbons (Fsp3) is 0.692. The lowest BCUT2D eigenvalue weighted by Gasteiger charge is -2.54. The molecular weight excluding hydrogens is 500 g/mol. The summed E-state index contributed by atoms with van der Waals surface area (Å²) in [6.45, 7) is 20.9. The van der Waals surface area contributed by atoms with E-state index in [1.54, 1.807) is 0 Å². The van der Waals surface area contributed by atoms with Crippen LogP contribution >= 0.6 is 0 Å². The predicted molar refractivity (Wildman–Crippen MR) is 173 cm³/mol. The molecule has 2 fully saturated rings. The lowest BCUT2D eigenvalue weighted by atomic mass is 9.50. The largest absolute Gasteiger partial charge is 0.508 e. The molecule has 2 aromatic carbocycles. The Labute approximate surface area is 251 Å². The minimum Gasteiger partial charge on any atom is -0.508 e. The van der Waals surface area contributed by atoms with Crippen LogP contribution in [0.2, 0.25) is 0 Å². The highest BCUT2D eigenvalue weighted by molar-refractivity contribution is 5.49. The van der Waals surface area contributed by atoms with Gasteiger partial charge in [0.2, 0.25) is 0 Å². The van der Waals surface area contributed by atoms with E-state index in [-0.39, 0.29) is 5.41 Å². The van der Waals surface area contributed by atoms with Gasteiger partial charge in [0.15, 0.2) is 0 Å². The van der Waals surface area contributed by atoms with Crippen molar-refractivity contribution in [3.63, 3.8) is 0 Å². The van der Waals surface area contributed by atoms with Crippen LogP contribution in [0.3, 0.4) is 0 Å². The molecule has 2 heteroatoms. The average Bonchev–Trinajstić information content (AvgIpc) is 2.88. The van der Waals surface area contributed by atoms with E-state index in [1.807, 2.05) is 0 Å². The maximum atomic E-state index is 10.5. The zero-order chi connectivity index (χ0) is 29.9. The Balaban J connectivity index is 0.000000165. The molecule has 4 atom stereocenters. The molecule has 2 nitrogen and oxygen atoms in total. The Morgan fingerprint density at radius 1 is 0.659 bits per heavy atom. The van der Waals surface area contributed by atoms with Crippen LogP contribution in [0.5, 0.6) is 11.5 Å². The molecule has 0 aliphatic heterocycles. The van der Waals surface area contributed by atoms with Gasteiger partial charge in [0.25, 0.3) is 0 Å². The highest BCUT2D eigenvalue weighted by Gasteiger charge is 2.50. The first-order chi connectivity index (χ1) is 19.2. The third-order valence-electron chi connectivity index (χ3n) is 12.3. The molecule has 0 saturated heterocycles. The Morgan fingerprint density at radius 2 is 1.24 bits per heavy atom. The number of phenols is 2. The normalized spacial score (nSPS) is 29.5. The van der Waals surface area contributed by atoms with Gasteiger partial charge in [-0.25, -0.2) is 0 Å². The van der Waals surface area contributed by atoms with E-state index in [4.69, 9.17) is 0 Å². The van der Waals surface area contributed by atoms with Crippen LogP contribution in [0, 0.1) is 22.7 Å². The first kappa shape index (κ1) is 30.5. The fourth-order valence-corrected chi connectivity index (χ4v) is 9.98. The number of rotatable bonds is 2. The first-order valence-corrected chi connectivity index (χ1v) is 16.9. The number of aryl methyl sites for hydroxylation is 2. The van der Waals surface area contributed by atoms with Gasteiger partial charge in [-0.2, -0.15) is 0 Å². The summed E-state index contributed by atoms with van der Waals surface area (Å²) in [5.41, 5.74) is 9.28. The molecule has 0 aromatic heterocycles. The molecule has 6 rings (SSSR count). The Hall–Kier alpha value is -1.96. The van der Waals surface area contributed by atoms with E-state index in [0.29, 0.717) is 40.1 Å². The molecule has 2 N–H and O–H groups in total. The number of hydrogen-bond donors (Lipinski definition) is 2. The molecule has 41 heavy (non-hydrogen) atoms. The molecule has 226 valence electrons. The summed E-state index contributed by atoms with van der Waals surface area (Å²) in [4.78, 5) is 0. The third-order valence-corrected chi connectivity index (χ3v) is 12.3. The summed E-state index contributed by atoms with van der Waals surface area (Å²) in [5, 5.41) is 20.8. The maximum absolute atomic E-state index is 10.5. The highest BCUT2D eigenvalue weighted by Crippen LogP contribution is 2.58. The van der Waals surface area contributed by atoms with Crippen LogP contribution in [0.1, 0.15) is 165 Å². The standard InChI is InChI=1S/C20H30O.C19H28O/c1-13(2)15-11-14-7-8-18-19(3,4)9-6-10-20(18,5)16(14)12-17(15)21;1-12(2)15-10-13-7-8-17-14(16(13)11-18(15)20)6-5-9-19(17,3)4/h11-13,18,21H,6-10H2,1-5H3;10-12,14,17,20H,5-9H2,1-4H3/t;14-,17-/m.1/s1. The van der Waals surface area contributed by atoms with Crippen LogP contribution in [-0.2, 0) is 18.3 Å². The van der Waals surface area contributed by atoms with Gasteiger partial charge in [0, 0.05) is 0 Å². The van der Waals surface area contributed by atoms with E-state index in [2.05, 4.69) is 86.6 Å². The number of hydrogen-bond acceptors (Lipinski definition) is 2.